The molecular weight excluding hydrogens is 254 g/mol. The Morgan fingerprint density at radius 2 is 2.20 bits per heavy atom. The Labute approximate surface area is 95.4 Å². The zero-order valence-electron chi connectivity index (χ0n) is 8.07. The summed E-state index contributed by atoms with van der Waals surface area (Å²) in [7, 11) is 0. The Morgan fingerprint density at radius 1 is 1.40 bits per heavy atom. The van der Waals surface area contributed by atoms with Gasteiger partial charge in [-0.1, -0.05) is 28.1 Å². The Morgan fingerprint density at radius 3 is 3.07 bits per heavy atom. The molecule has 0 saturated heterocycles. The molecule has 0 aliphatic carbocycles. The van der Waals surface area contributed by atoms with Crippen LogP contribution in [-0.2, 0) is 13.0 Å². The molecule has 0 saturated carbocycles. The van der Waals surface area contributed by atoms with Gasteiger partial charge in [-0.2, -0.15) is 0 Å². The molecule has 15 heavy (non-hydrogen) atoms. The summed E-state index contributed by atoms with van der Waals surface area (Å²) in [6.45, 7) is 0.853. The monoisotopic (exact) mass is 263 g/mol. The molecule has 3 rings (SSSR count). The van der Waals surface area contributed by atoms with Gasteiger partial charge in [-0.15, -0.1) is 0 Å². The van der Waals surface area contributed by atoms with Gasteiger partial charge in [0, 0.05) is 23.2 Å². The van der Waals surface area contributed by atoms with E-state index in [1.54, 1.807) is 0 Å². The molecule has 0 amide bonds. The van der Waals surface area contributed by atoms with E-state index < -0.39 is 0 Å². The number of alkyl halides is 1. The van der Waals surface area contributed by atoms with Crippen LogP contribution < -0.4 is 5.49 Å². The minimum Gasteiger partial charge on any atom is -0.313 e. The number of aromatic nitrogens is 2. The molecule has 1 N–H and O–H groups in total. The fourth-order valence-corrected chi connectivity index (χ4v) is 2.64. The summed E-state index contributed by atoms with van der Waals surface area (Å²) < 4.78 is 1.99. The van der Waals surface area contributed by atoms with Gasteiger partial charge < -0.3 is 4.57 Å². The van der Waals surface area contributed by atoms with E-state index in [2.05, 4.69) is 20.9 Å². The van der Waals surface area contributed by atoms with Crippen molar-refractivity contribution in [2.24, 2.45) is 0 Å². The number of nitrogens with zero attached hydrogens (tertiary/aromatic N) is 2. The van der Waals surface area contributed by atoms with Gasteiger partial charge in [0.1, 0.15) is 11.3 Å². The number of fused-ring (bicyclic) bond motifs is 2. The second-order valence-electron chi connectivity index (χ2n) is 3.81. The van der Waals surface area contributed by atoms with E-state index in [-0.39, 0.29) is 0 Å². The van der Waals surface area contributed by atoms with Gasteiger partial charge in [0.05, 0.1) is 5.52 Å². The average molecular weight is 264 g/mol. The highest BCUT2D eigenvalue weighted by molar-refractivity contribution is 9.09. The van der Waals surface area contributed by atoms with Crippen LogP contribution in [0.25, 0.3) is 10.9 Å². The molecule has 4 heteroatoms. The van der Waals surface area contributed by atoms with Crippen LogP contribution >= 0.6 is 15.9 Å². The summed E-state index contributed by atoms with van der Waals surface area (Å²) in [5, 5.41) is 9.05. The van der Waals surface area contributed by atoms with Crippen molar-refractivity contribution in [1.29, 1.82) is 5.41 Å². The van der Waals surface area contributed by atoms with Gasteiger partial charge >= 0.3 is 0 Å². The molecule has 1 atom stereocenters. The summed E-state index contributed by atoms with van der Waals surface area (Å²) in [6, 6.07) is 7.84. The highest BCUT2D eigenvalue weighted by Gasteiger charge is 2.20. The molecule has 1 aliphatic heterocycles. The lowest BCUT2D eigenvalue weighted by molar-refractivity contribution is 0.711. The molecule has 1 aromatic heterocycles. The first-order valence-corrected chi connectivity index (χ1v) is 5.84. The van der Waals surface area contributed by atoms with Crippen molar-refractivity contribution >= 4 is 26.8 Å². The molecule has 1 aromatic carbocycles. The maximum absolute atomic E-state index is 8.11. The molecule has 3 nitrogen and oxygen atoms in total. The van der Waals surface area contributed by atoms with Crippen molar-refractivity contribution in [3.05, 3.63) is 35.6 Å². The zero-order chi connectivity index (χ0) is 10.4. The lowest BCUT2D eigenvalue weighted by Gasteiger charge is -2.05. The largest absolute Gasteiger partial charge is 0.313 e. The topological polar surface area (TPSA) is 41.7 Å². The summed E-state index contributed by atoms with van der Waals surface area (Å²) >= 11 is 3.58. The lowest BCUT2D eigenvalue weighted by Crippen LogP contribution is -2.21. The summed E-state index contributed by atoms with van der Waals surface area (Å²) in [5.41, 5.74) is 1.51. The normalized spacial score (nSPS) is 19.4. The van der Waals surface area contributed by atoms with Gasteiger partial charge in [-0.25, -0.2) is 4.98 Å². The SMILES string of the molecule is N=c1c2ccccc2nc2n1CC(Br)C2. The Bertz CT molecular complexity index is 588. The third-order valence-electron chi connectivity index (χ3n) is 2.77. The van der Waals surface area contributed by atoms with Gasteiger partial charge in [0.15, 0.2) is 0 Å². The fraction of sp³-hybridized carbons (Fsp3) is 0.273. The highest BCUT2D eigenvalue weighted by atomic mass is 79.9. The van der Waals surface area contributed by atoms with Gasteiger partial charge in [0.25, 0.3) is 0 Å². The molecule has 76 valence electrons. The second kappa shape index (κ2) is 3.17. The number of rotatable bonds is 0. The molecule has 0 spiro atoms. The number of benzene rings is 1. The maximum atomic E-state index is 8.11. The van der Waals surface area contributed by atoms with E-state index in [0.29, 0.717) is 10.3 Å². The molecule has 0 radical (unpaired) electrons. The van der Waals surface area contributed by atoms with Crippen molar-refractivity contribution in [2.45, 2.75) is 17.8 Å². The minimum atomic E-state index is 0.422. The van der Waals surface area contributed by atoms with Crippen molar-refractivity contribution in [1.82, 2.24) is 9.55 Å². The number of halogens is 1. The van der Waals surface area contributed by atoms with Crippen molar-refractivity contribution in [3.8, 4) is 0 Å². The number of nitrogens with one attached hydrogen (secondary N) is 1. The Hall–Kier alpha value is -1.16. The predicted molar refractivity (Wildman–Crippen MR) is 62.0 cm³/mol. The standard InChI is InChI=1S/C11H10BrN3/c12-7-5-10-14-9-4-2-1-3-8(9)11(13)15(10)6-7/h1-4,7,13H,5-6H2. The Kier molecular flexibility index (Phi) is 1.92. The molecule has 2 heterocycles. The van der Waals surface area contributed by atoms with E-state index >= 15 is 0 Å². The third-order valence-corrected chi connectivity index (χ3v) is 3.39. The van der Waals surface area contributed by atoms with E-state index in [1.807, 2.05) is 28.8 Å². The minimum absolute atomic E-state index is 0.422. The number of para-hydroxylation sites is 1. The van der Waals surface area contributed by atoms with Crippen LogP contribution in [0.1, 0.15) is 5.82 Å². The van der Waals surface area contributed by atoms with Crippen LogP contribution in [-0.4, -0.2) is 14.4 Å². The second-order valence-corrected chi connectivity index (χ2v) is 5.10. The van der Waals surface area contributed by atoms with E-state index in [9.17, 15) is 0 Å². The van der Waals surface area contributed by atoms with Gasteiger partial charge in [-0.05, 0) is 12.1 Å². The summed E-state index contributed by atoms with van der Waals surface area (Å²) in [5.74, 6) is 1.01. The van der Waals surface area contributed by atoms with Crippen molar-refractivity contribution < 1.29 is 0 Å². The van der Waals surface area contributed by atoms with Gasteiger partial charge in [-0.3, -0.25) is 5.41 Å². The number of hydrogen-bond acceptors (Lipinski definition) is 2. The van der Waals surface area contributed by atoms with E-state index in [0.717, 1.165) is 29.7 Å². The molecular formula is C11H10BrN3. The molecule has 1 aliphatic rings. The average Bonchev–Trinajstić information content (AvgIpc) is 2.59. The molecule has 1 unspecified atom stereocenters. The first kappa shape index (κ1) is 9.09. The quantitative estimate of drug-likeness (QED) is 0.725. The van der Waals surface area contributed by atoms with E-state index in [1.165, 1.54) is 0 Å². The van der Waals surface area contributed by atoms with Crippen LogP contribution in [0.3, 0.4) is 0 Å². The van der Waals surface area contributed by atoms with Crippen LogP contribution in [0.5, 0.6) is 0 Å². The molecule has 0 fully saturated rings. The van der Waals surface area contributed by atoms with Crippen molar-refractivity contribution in [3.63, 3.8) is 0 Å². The van der Waals surface area contributed by atoms with Crippen molar-refractivity contribution in [2.75, 3.05) is 0 Å². The fourth-order valence-electron chi connectivity index (χ4n) is 2.06. The first-order valence-electron chi connectivity index (χ1n) is 4.93. The van der Waals surface area contributed by atoms with Crippen LogP contribution in [0.15, 0.2) is 24.3 Å². The third kappa shape index (κ3) is 1.32. The van der Waals surface area contributed by atoms with E-state index in [4.69, 9.17) is 5.41 Å². The number of hydrogen-bond donors (Lipinski definition) is 1. The maximum Gasteiger partial charge on any atom is 0.135 e. The van der Waals surface area contributed by atoms with Gasteiger partial charge in [0.2, 0.25) is 0 Å². The smallest absolute Gasteiger partial charge is 0.135 e. The molecule has 2 aromatic rings. The summed E-state index contributed by atoms with van der Waals surface area (Å²) in [4.78, 5) is 5.00. The van der Waals surface area contributed by atoms with Crippen LogP contribution in [0.2, 0.25) is 0 Å². The highest BCUT2D eigenvalue weighted by Crippen LogP contribution is 2.19. The first-order chi connectivity index (χ1) is 7.25. The van der Waals surface area contributed by atoms with Crippen LogP contribution in [0, 0.1) is 5.41 Å². The lowest BCUT2D eigenvalue weighted by atomic mass is 10.2. The predicted octanol–water partition coefficient (Wildman–Crippen LogP) is 1.84. The Balaban J connectivity index is 2.40. The van der Waals surface area contributed by atoms with Crippen LogP contribution in [0.4, 0.5) is 0 Å². The summed E-state index contributed by atoms with van der Waals surface area (Å²) in [6.07, 6.45) is 0.913. The molecule has 0 bridgehead atoms. The zero-order valence-corrected chi connectivity index (χ0v) is 9.66.